The highest BCUT2D eigenvalue weighted by atomic mass is 16.6. The van der Waals surface area contributed by atoms with Crippen molar-refractivity contribution in [1.82, 2.24) is 0 Å². The number of rotatable bonds is 13. The molecule has 0 aliphatic rings. The summed E-state index contributed by atoms with van der Waals surface area (Å²) in [5.41, 5.74) is 0. The lowest BCUT2D eigenvalue weighted by Crippen LogP contribution is -2.11. The van der Waals surface area contributed by atoms with Crippen molar-refractivity contribution in [2.75, 3.05) is 39.6 Å². The summed E-state index contributed by atoms with van der Waals surface area (Å²) in [4.78, 5) is 22.5. The van der Waals surface area contributed by atoms with Crippen molar-refractivity contribution in [3.05, 3.63) is 12.2 Å². The number of hydrogen-bond acceptors (Lipinski definition) is 6. The average Bonchev–Trinajstić information content (AvgIpc) is 2.48. The summed E-state index contributed by atoms with van der Waals surface area (Å²) in [5.74, 6) is -1.18. The minimum Gasteiger partial charge on any atom is -0.460 e. The molecular weight excluding hydrogens is 276 g/mol. The van der Waals surface area contributed by atoms with Crippen molar-refractivity contribution >= 4 is 11.9 Å². The Balaban J connectivity index is 3.52. The molecule has 0 aromatic rings. The van der Waals surface area contributed by atoms with Gasteiger partial charge < -0.3 is 18.9 Å². The molecular formula is C15H26O6. The first-order chi connectivity index (χ1) is 10.2. The summed E-state index contributed by atoms with van der Waals surface area (Å²) < 4.78 is 20.0. The molecule has 6 nitrogen and oxygen atoms in total. The van der Waals surface area contributed by atoms with Crippen molar-refractivity contribution in [2.24, 2.45) is 0 Å². The zero-order valence-electron chi connectivity index (χ0n) is 13.0. The van der Waals surface area contributed by atoms with Crippen LogP contribution in [0.3, 0.4) is 0 Å². The molecule has 0 heterocycles. The van der Waals surface area contributed by atoms with Gasteiger partial charge in [0.05, 0.1) is 13.2 Å². The Hall–Kier alpha value is -1.40. The molecule has 0 saturated heterocycles. The van der Waals surface area contributed by atoms with E-state index >= 15 is 0 Å². The van der Waals surface area contributed by atoms with Crippen LogP contribution in [0.15, 0.2) is 12.2 Å². The first-order valence-electron chi connectivity index (χ1n) is 7.37. The van der Waals surface area contributed by atoms with Crippen LogP contribution in [0.5, 0.6) is 0 Å². The van der Waals surface area contributed by atoms with Crippen LogP contribution in [0.25, 0.3) is 0 Å². The predicted octanol–water partition coefficient (Wildman–Crippen LogP) is 1.87. The molecule has 21 heavy (non-hydrogen) atoms. The van der Waals surface area contributed by atoms with E-state index in [0.29, 0.717) is 26.4 Å². The van der Waals surface area contributed by atoms with E-state index in [1.165, 1.54) is 0 Å². The van der Waals surface area contributed by atoms with Crippen molar-refractivity contribution < 1.29 is 28.5 Å². The van der Waals surface area contributed by atoms with Gasteiger partial charge in [-0.3, -0.25) is 0 Å². The summed E-state index contributed by atoms with van der Waals surface area (Å²) in [6.07, 6.45) is 5.05. The first-order valence-corrected chi connectivity index (χ1v) is 7.37. The molecule has 0 aliphatic heterocycles. The van der Waals surface area contributed by atoms with Crippen LogP contribution >= 0.6 is 0 Å². The van der Waals surface area contributed by atoms with Gasteiger partial charge in [0.25, 0.3) is 0 Å². The van der Waals surface area contributed by atoms with Gasteiger partial charge in [-0.05, 0) is 12.8 Å². The van der Waals surface area contributed by atoms with E-state index in [1.54, 1.807) is 0 Å². The van der Waals surface area contributed by atoms with Crippen LogP contribution < -0.4 is 0 Å². The van der Waals surface area contributed by atoms with Crippen molar-refractivity contribution in [3.63, 3.8) is 0 Å². The molecule has 0 amide bonds. The third-order valence-corrected chi connectivity index (χ3v) is 2.29. The lowest BCUT2D eigenvalue weighted by Gasteiger charge is -2.04. The summed E-state index contributed by atoms with van der Waals surface area (Å²) in [7, 11) is 0. The second-order valence-corrected chi connectivity index (χ2v) is 4.25. The summed E-state index contributed by atoms with van der Waals surface area (Å²) in [6.45, 7) is 6.43. The Bertz CT molecular complexity index is 301. The molecule has 0 radical (unpaired) electrons. The van der Waals surface area contributed by atoms with Gasteiger partial charge in [0.2, 0.25) is 0 Å². The van der Waals surface area contributed by atoms with Gasteiger partial charge in [0.15, 0.2) is 0 Å². The van der Waals surface area contributed by atoms with Crippen LogP contribution in [-0.4, -0.2) is 51.6 Å². The molecule has 0 bridgehead atoms. The molecule has 0 N–H and O–H groups in total. The number of esters is 2. The number of hydrogen-bond donors (Lipinski definition) is 0. The zero-order valence-corrected chi connectivity index (χ0v) is 13.0. The molecule has 0 atom stereocenters. The van der Waals surface area contributed by atoms with Crippen molar-refractivity contribution in [3.8, 4) is 0 Å². The molecule has 0 fully saturated rings. The van der Waals surface area contributed by atoms with Gasteiger partial charge >= 0.3 is 11.9 Å². The summed E-state index contributed by atoms with van der Waals surface area (Å²) in [6, 6.07) is 0. The zero-order chi connectivity index (χ0) is 15.8. The molecule has 0 aromatic carbocycles. The number of carbonyl (C=O) groups excluding carboxylic acids is 2. The SMILES string of the molecule is CCCCOCCOC(=O)/C=C/C(=O)OCCOCCC. The highest BCUT2D eigenvalue weighted by Crippen LogP contribution is 1.90. The van der Waals surface area contributed by atoms with Gasteiger partial charge in [-0.25, -0.2) is 9.59 Å². The van der Waals surface area contributed by atoms with E-state index in [-0.39, 0.29) is 13.2 Å². The quantitative estimate of drug-likeness (QED) is 0.294. The van der Waals surface area contributed by atoms with Gasteiger partial charge in [-0.2, -0.15) is 0 Å². The maximum absolute atomic E-state index is 11.3. The molecule has 0 saturated carbocycles. The molecule has 6 heteroatoms. The maximum Gasteiger partial charge on any atom is 0.331 e. The number of unbranched alkanes of at least 4 members (excludes halogenated alkanes) is 1. The van der Waals surface area contributed by atoms with Crippen molar-refractivity contribution in [1.29, 1.82) is 0 Å². The topological polar surface area (TPSA) is 71.1 Å². The van der Waals surface area contributed by atoms with Crippen LogP contribution in [0.4, 0.5) is 0 Å². The van der Waals surface area contributed by atoms with Crippen molar-refractivity contribution in [2.45, 2.75) is 33.1 Å². The Morgan fingerprint density at radius 2 is 1.24 bits per heavy atom. The van der Waals surface area contributed by atoms with E-state index in [4.69, 9.17) is 18.9 Å². The van der Waals surface area contributed by atoms with Crippen LogP contribution in [-0.2, 0) is 28.5 Å². The molecule has 0 spiro atoms. The van der Waals surface area contributed by atoms with E-state index in [1.807, 2.05) is 6.92 Å². The Labute approximate surface area is 126 Å². The van der Waals surface area contributed by atoms with Crippen LogP contribution in [0.2, 0.25) is 0 Å². The molecule has 0 unspecified atom stereocenters. The largest absolute Gasteiger partial charge is 0.460 e. The molecule has 0 rings (SSSR count). The molecule has 0 aliphatic carbocycles. The van der Waals surface area contributed by atoms with Gasteiger partial charge in [-0.1, -0.05) is 20.3 Å². The fraction of sp³-hybridized carbons (Fsp3) is 0.733. The summed E-state index contributed by atoms with van der Waals surface area (Å²) >= 11 is 0. The van der Waals surface area contributed by atoms with E-state index in [9.17, 15) is 9.59 Å². The normalized spacial score (nSPS) is 10.8. The predicted molar refractivity (Wildman–Crippen MR) is 77.9 cm³/mol. The standard InChI is InChI=1S/C15H26O6/c1-3-5-9-19-11-13-21-15(17)7-6-14(16)20-12-10-18-8-4-2/h6-7H,3-5,8-13H2,1-2H3/b7-6+. The number of ether oxygens (including phenoxy) is 4. The lowest BCUT2D eigenvalue weighted by atomic mass is 10.4. The Kier molecular flexibility index (Phi) is 14.0. The van der Waals surface area contributed by atoms with E-state index in [2.05, 4.69) is 6.92 Å². The fourth-order valence-corrected chi connectivity index (χ4v) is 1.23. The minimum atomic E-state index is -0.591. The average molecular weight is 302 g/mol. The monoisotopic (exact) mass is 302 g/mol. The van der Waals surface area contributed by atoms with Gasteiger partial charge in [-0.15, -0.1) is 0 Å². The van der Waals surface area contributed by atoms with Crippen LogP contribution in [0.1, 0.15) is 33.1 Å². The van der Waals surface area contributed by atoms with Crippen LogP contribution in [0, 0.1) is 0 Å². The lowest BCUT2D eigenvalue weighted by molar-refractivity contribution is -0.142. The fourth-order valence-electron chi connectivity index (χ4n) is 1.23. The summed E-state index contributed by atoms with van der Waals surface area (Å²) in [5, 5.41) is 0. The minimum absolute atomic E-state index is 0.170. The third kappa shape index (κ3) is 14.8. The molecule has 0 aromatic heterocycles. The first kappa shape index (κ1) is 19.6. The highest BCUT2D eigenvalue weighted by Gasteiger charge is 2.01. The Morgan fingerprint density at radius 3 is 1.71 bits per heavy atom. The molecule has 122 valence electrons. The number of carbonyl (C=O) groups is 2. The second kappa shape index (κ2) is 15.0. The van der Waals surface area contributed by atoms with Gasteiger partial charge in [0, 0.05) is 25.4 Å². The van der Waals surface area contributed by atoms with E-state index in [0.717, 1.165) is 31.4 Å². The van der Waals surface area contributed by atoms with Gasteiger partial charge in [0.1, 0.15) is 13.2 Å². The van der Waals surface area contributed by atoms with E-state index < -0.39 is 11.9 Å². The highest BCUT2D eigenvalue weighted by molar-refractivity contribution is 5.91. The smallest absolute Gasteiger partial charge is 0.331 e. The Morgan fingerprint density at radius 1 is 0.714 bits per heavy atom. The maximum atomic E-state index is 11.3. The third-order valence-electron chi connectivity index (χ3n) is 2.29. The second-order valence-electron chi connectivity index (χ2n) is 4.25.